The summed E-state index contributed by atoms with van der Waals surface area (Å²) in [5, 5.41) is 0. The van der Waals surface area contributed by atoms with Gasteiger partial charge in [0.2, 0.25) is 0 Å². The van der Waals surface area contributed by atoms with E-state index in [1.807, 2.05) is 6.07 Å². The summed E-state index contributed by atoms with van der Waals surface area (Å²) < 4.78 is 5.70. The Hall–Kier alpha value is -1.28. The molecule has 0 aliphatic carbocycles. The second-order valence-electron chi connectivity index (χ2n) is 5.91. The van der Waals surface area contributed by atoms with Gasteiger partial charge in [-0.3, -0.25) is 0 Å². The van der Waals surface area contributed by atoms with Crippen LogP contribution in [0.3, 0.4) is 0 Å². The van der Waals surface area contributed by atoms with E-state index >= 15 is 0 Å². The smallest absolute Gasteiger partial charge is 0.113 e. The zero-order valence-electron chi connectivity index (χ0n) is 11.6. The lowest BCUT2D eigenvalue weighted by Gasteiger charge is -2.28. The van der Waals surface area contributed by atoms with E-state index in [0.717, 1.165) is 25.2 Å². The minimum atomic E-state index is -0.138. The minimum Gasteiger partial charge on any atom is -0.496 e. The van der Waals surface area contributed by atoms with Crippen molar-refractivity contribution >= 4 is 0 Å². The van der Waals surface area contributed by atoms with Crippen LogP contribution in [0.1, 0.15) is 50.8 Å². The number of nitrogens with two attached hydrogens (primary N) is 1. The van der Waals surface area contributed by atoms with Gasteiger partial charge >= 0.3 is 0 Å². The quantitative estimate of drug-likeness (QED) is 0.862. The van der Waals surface area contributed by atoms with Gasteiger partial charge in [-0.05, 0) is 35.5 Å². The summed E-state index contributed by atoms with van der Waals surface area (Å²) in [6.45, 7) is 7.44. The molecule has 0 saturated heterocycles. The van der Waals surface area contributed by atoms with Crippen molar-refractivity contribution in [1.82, 2.24) is 0 Å². The molecule has 2 nitrogen and oxygen atoms in total. The maximum absolute atomic E-state index is 6.37. The summed E-state index contributed by atoms with van der Waals surface area (Å²) in [7, 11) is 0. The van der Waals surface area contributed by atoms with Crippen LogP contribution in [0.25, 0.3) is 0 Å². The molecule has 1 aromatic carbocycles. The zero-order valence-corrected chi connectivity index (χ0v) is 11.6. The first-order chi connectivity index (χ1) is 8.50. The van der Waals surface area contributed by atoms with Crippen molar-refractivity contribution in [3.63, 3.8) is 0 Å². The Bertz CT molecular complexity index is 443. The van der Waals surface area contributed by atoms with Crippen LogP contribution in [0, 0.1) is 0 Å². The van der Waals surface area contributed by atoms with Crippen LogP contribution in [0.4, 0.5) is 0 Å². The number of rotatable bonds is 2. The summed E-state index contributed by atoms with van der Waals surface area (Å²) in [6, 6.07) is 8.27. The van der Waals surface area contributed by atoms with Crippen molar-refractivity contribution < 1.29 is 4.74 Å². The maximum atomic E-state index is 6.37. The monoisotopic (exact) mass is 245 g/mol. The molecule has 0 aromatic heterocycles. The Morgan fingerprint density at radius 2 is 1.94 bits per heavy atom. The molecule has 1 atom stereocenters. The normalized spacial score (nSPS) is 17.9. The van der Waals surface area contributed by atoms with Crippen molar-refractivity contribution in [3.8, 4) is 0 Å². The topological polar surface area (TPSA) is 35.2 Å². The SMILES string of the molecule is CC(C)(C)c1ccccc1C(N)C1=CCCCO1. The number of ether oxygens (including phenoxy) is 1. The van der Waals surface area contributed by atoms with Gasteiger partial charge < -0.3 is 10.5 Å². The van der Waals surface area contributed by atoms with Crippen LogP contribution in [-0.4, -0.2) is 6.61 Å². The first kappa shape index (κ1) is 13.2. The van der Waals surface area contributed by atoms with E-state index in [0.29, 0.717) is 0 Å². The van der Waals surface area contributed by atoms with E-state index in [1.54, 1.807) is 0 Å². The molecule has 1 aliphatic rings. The Labute approximate surface area is 110 Å². The maximum Gasteiger partial charge on any atom is 0.113 e. The number of allylic oxidation sites excluding steroid dienone is 1. The predicted octanol–water partition coefficient (Wildman–Crippen LogP) is 3.68. The van der Waals surface area contributed by atoms with E-state index in [-0.39, 0.29) is 11.5 Å². The fourth-order valence-corrected chi connectivity index (χ4v) is 2.40. The highest BCUT2D eigenvalue weighted by atomic mass is 16.5. The van der Waals surface area contributed by atoms with Crippen LogP contribution in [0.5, 0.6) is 0 Å². The first-order valence-corrected chi connectivity index (χ1v) is 6.68. The molecule has 2 rings (SSSR count). The van der Waals surface area contributed by atoms with Gasteiger partial charge in [-0.1, -0.05) is 45.0 Å². The minimum absolute atomic E-state index is 0.101. The Kier molecular flexibility index (Phi) is 3.76. The average Bonchev–Trinajstić information content (AvgIpc) is 2.38. The molecular formula is C16H23NO. The van der Waals surface area contributed by atoms with E-state index in [4.69, 9.17) is 10.5 Å². The summed E-state index contributed by atoms with van der Waals surface area (Å²) in [4.78, 5) is 0. The molecule has 1 heterocycles. The first-order valence-electron chi connectivity index (χ1n) is 6.68. The van der Waals surface area contributed by atoms with Crippen LogP contribution in [-0.2, 0) is 10.2 Å². The fourth-order valence-electron chi connectivity index (χ4n) is 2.40. The largest absolute Gasteiger partial charge is 0.496 e. The predicted molar refractivity (Wildman–Crippen MR) is 75.3 cm³/mol. The highest BCUT2D eigenvalue weighted by Gasteiger charge is 2.23. The van der Waals surface area contributed by atoms with Crippen molar-refractivity contribution in [1.29, 1.82) is 0 Å². The molecule has 1 aliphatic heterocycles. The second-order valence-corrected chi connectivity index (χ2v) is 5.91. The second kappa shape index (κ2) is 5.15. The molecule has 0 saturated carbocycles. The van der Waals surface area contributed by atoms with Crippen LogP contribution in [0.2, 0.25) is 0 Å². The standard InChI is InChI=1S/C16H23NO/c1-16(2,3)13-9-5-4-8-12(13)15(17)14-10-6-7-11-18-14/h4-5,8-10,15H,6-7,11,17H2,1-3H3. The molecule has 2 N–H and O–H groups in total. The van der Waals surface area contributed by atoms with Crippen molar-refractivity contribution in [3.05, 3.63) is 47.2 Å². The van der Waals surface area contributed by atoms with Crippen molar-refractivity contribution in [2.24, 2.45) is 5.73 Å². The van der Waals surface area contributed by atoms with Crippen molar-refractivity contribution in [2.45, 2.75) is 45.1 Å². The van der Waals surface area contributed by atoms with E-state index in [1.165, 1.54) is 11.1 Å². The number of hydrogen-bond acceptors (Lipinski definition) is 2. The van der Waals surface area contributed by atoms with Crippen LogP contribution < -0.4 is 5.73 Å². The Balaban J connectivity index is 2.35. The zero-order chi connectivity index (χ0) is 13.2. The van der Waals surface area contributed by atoms with Gasteiger partial charge in [0.15, 0.2) is 0 Å². The average molecular weight is 245 g/mol. The van der Waals surface area contributed by atoms with Gasteiger partial charge in [0.05, 0.1) is 12.6 Å². The summed E-state index contributed by atoms with van der Waals surface area (Å²) in [5.41, 5.74) is 8.95. The molecule has 18 heavy (non-hydrogen) atoms. The summed E-state index contributed by atoms with van der Waals surface area (Å²) >= 11 is 0. The molecule has 1 aromatic rings. The fraction of sp³-hybridized carbons (Fsp3) is 0.500. The highest BCUT2D eigenvalue weighted by molar-refractivity contribution is 5.38. The van der Waals surface area contributed by atoms with Gasteiger partial charge in [-0.25, -0.2) is 0 Å². The third-order valence-corrected chi connectivity index (χ3v) is 3.37. The lowest BCUT2D eigenvalue weighted by atomic mass is 9.81. The lowest BCUT2D eigenvalue weighted by Crippen LogP contribution is -2.23. The molecule has 0 radical (unpaired) electrons. The number of hydrogen-bond donors (Lipinski definition) is 1. The van der Waals surface area contributed by atoms with Crippen molar-refractivity contribution in [2.75, 3.05) is 6.61 Å². The number of benzene rings is 1. The highest BCUT2D eigenvalue weighted by Crippen LogP contribution is 2.32. The molecule has 1 unspecified atom stereocenters. The summed E-state index contributed by atoms with van der Waals surface area (Å²) in [5.74, 6) is 0.929. The molecule has 0 bridgehead atoms. The molecule has 0 amide bonds. The van der Waals surface area contributed by atoms with Gasteiger partial charge in [-0.15, -0.1) is 0 Å². The van der Waals surface area contributed by atoms with E-state index in [9.17, 15) is 0 Å². The lowest BCUT2D eigenvalue weighted by molar-refractivity contribution is 0.175. The Morgan fingerprint density at radius 3 is 2.56 bits per heavy atom. The molecule has 0 fully saturated rings. The van der Waals surface area contributed by atoms with Gasteiger partial charge in [-0.2, -0.15) is 0 Å². The Morgan fingerprint density at radius 1 is 1.22 bits per heavy atom. The van der Waals surface area contributed by atoms with Crippen LogP contribution in [0.15, 0.2) is 36.1 Å². The van der Waals surface area contributed by atoms with Gasteiger partial charge in [0, 0.05) is 0 Å². The van der Waals surface area contributed by atoms with E-state index in [2.05, 4.69) is 45.0 Å². The van der Waals surface area contributed by atoms with Gasteiger partial charge in [0.25, 0.3) is 0 Å². The molecule has 98 valence electrons. The van der Waals surface area contributed by atoms with Gasteiger partial charge in [0.1, 0.15) is 5.76 Å². The molecular weight excluding hydrogens is 222 g/mol. The third kappa shape index (κ3) is 2.75. The molecule has 0 spiro atoms. The summed E-state index contributed by atoms with van der Waals surface area (Å²) in [6.07, 6.45) is 4.30. The van der Waals surface area contributed by atoms with Crippen LogP contribution >= 0.6 is 0 Å². The third-order valence-electron chi connectivity index (χ3n) is 3.37. The molecule has 2 heteroatoms. The van der Waals surface area contributed by atoms with E-state index < -0.39 is 0 Å².